The summed E-state index contributed by atoms with van der Waals surface area (Å²) in [5.74, 6) is 0.643. The van der Waals surface area contributed by atoms with Gasteiger partial charge in [0.25, 0.3) is 0 Å². The first-order valence-corrected chi connectivity index (χ1v) is 7.70. The number of amides is 1. The first kappa shape index (κ1) is 14.8. The van der Waals surface area contributed by atoms with Crippen LogP contribution in [0, 0.1) is 5.92 Å². The van der Waals surface area contributed by atoms with E-state index in [1.54, 1.807) is 0 Å². The Morgan fingerprint density at radius 1 is 1.32 bits per heavy atom. The van der Waals surface area contributed by atoms with Crippen molar-refractivity contribution in [1.29, 1.82) is 0 Å². The van der Waals surface area contributed by atoms with Gasteiger partial charge >= 0.3 is 0 Å². The molecule has 0 aromatic rings. The molecule has 0 saturated carbocycles. The van der Waals surface area contributed by atoms with Crippen LogP contribution >= 0.6 is 0 Å². The van der Waals surface area contributed by atoms with Gasteiger partial charge in [0.2, 0.25) is 5.91 Å². The SMILES string of the molecule is CC(C)[C@@H](C(=O)N(C)C[C@@H]1CCCO1)N1CCCC1. The van der Waals surface area contributed by atoms with Crippen molar-refractivity contribution in [2.75, 3.05) is 33.3 Å². The number of likely N-dealkylation sites (N-methyl/N-ethyl adjacent to an activating group) is 1. The second-order valence-corrected chi connectivity index (χ2v) is 6.29. The van der Waals surface area contributed by atoms with E-state index in [0.29, 0.717) is 5.92 Å². The van der Waals surface area contributed by atoms with Crippen LogP contribution in [0.5, 0.6) is 0 Å². The Morgan fingerprint density at radius 2 is 2.00 bits per heavy atom. The Labute approximate surface area is 117 Å². The van der Waals surface area contributed by atoms with Crippen molar-refractivity contribution < 1.29 is 9.53 Å². The molecule has 2 atom stereocenters. The summed E-state index contributed by atoms with van der Waals surface area (Å²) in [7, 11) is 1.93. The van der Waals surface area contributed by atoms with Gasteiger partial charge in [-0.2, -0.15) is 0 Å². The summed E-state index contributed by atoms with van der Waals surface area (Å²) in [5.41, 5.74) is 0. The zero-order valence-electron chi connectivity index (χ0n) is 12.6. The Morgan fingerprint density at radius 3 is 2.53 bits per heavy atom. The fourth-order valence-electron chi connectivity index (χ4n) is 3.29. The van der Waals surface area contributed by atoms with Crippen LogP contribution in [0.3, 0.4) is 0 Å². The molecule has 0 aromatic heterocycles. The maximum atomic E-state index is 12.7. The molecular formula is C15H28N2O2. The molecule has 0 aromatic carbocycles. The highest BCUT2D eigenvalue weighted by molar-refractivity contribution is 5.82. The van der Waals surface area contributed by atoms with Gasteiger partial charge in [0.05, 0.1) is 12.1 Å². The van der Waals surface area contributed by atoms with Crippen molar-refractivity contribution in [2.24, 2.45) is 5.92 Å². The van der Waals surface area contributed by atoms with E-state index in [1.165, 1.54) is 12.8 Å². The Kier molecular flexibility index (Phi) is 5.22. The third-order valence-corrected chi connectivity index (χ3v) is 4.30. The second kappa shape index (κ2) is 6.71. The molecule has 2 fully saturated rings. The van der Waals surface area contributed by atoms with E-state index >= 15 is 0 Å². The Hall–Kier alpha value is -0.610. The zero-order chi connectivity index (χ0) is 13.8. The lowest BCUT2D eigenvalue weighted by molar-refractivity contribution is -0.138. The summed E-state index contributed by atoms with van der Waals surface area (Å²) < 4.78 is 5.63. The van der Waals surface area contributed by atoms with Crippen LogP contribution in [-0.2, 0) is 9.53 Å². The summed E-state index contributed by atoms with van der Waals surface area (Å²) >= 11 is 0. The lowest BCUT2D eigenvalue weighted by Gasteiger charge is -2.33. The van der Waals surface area contributed by atoms with Gasteiger partial charge < -0.3 is 9.64 Å². The molecule has 0 N–H and O–H groups in total. The molecule has 0 spiro atoms. The van der Waals surface area contributed by atoms with Gasteiger partial charge in [-0.25, -0.2) is 0 Å². The molecular weight excluding hydrogens is 240 g/mol. The van der Waals surface area contributed by atoms with E-state index in [0.717, 1.165) is 39.1 Å². The van der Waals surface area contributed by atoms with Crippen LogP contribution in [-0.4, -0.2) is 61.1 Å². The lowest BCUT2D eigenvalue weighted by Crippen LogP contribution is -2.50. The number of carbonyl (C=O) groups excluding carboxylic acids is 1. The first-order valence-electron chi connectivity index (χ1n) is 7.70. The maximum absolute atomic E-state index is 12.7. The standard InChI is InChI=1S/C15H28N2O2/c1-12(2)14(17-8-4-5-9-17)15(18)16(3)11-13-7-6-10-19-13/h12-14H,4-11H2,1-3H3/t13-,14-/m0/s1. The number of ether oxygens (including phenoxy) is 1. The molecule has 4 heteroatoms. The second-order valence-electron chi connectivity index (χ2n) is 6.29. The van der Waals surface area contributed by atoms with Gasteiger partial charge in [-0.1, -0.05) is 13.8 Å². The molecule has 2 rings (SSSR count). The average molecular weight is 268 g/mol. The third-order valence-electron chi connectivity index (χ3n) is 4.30. The predicted molar refractivity (Wildman–Crippen MR) is 76.0 cm³/mol. The number of likely N-dealkylation sites (tertiary alicyclic amines) is 1. The van der Waals surface area contributed by atoms with E-state index in [1.807, 2.05) is 11.9 Å². The third kappa shape index (κ3) is 3.69. The highest BCUT2D eigenvalue weighted by Gasteiger charge is 2.33. The summed E-state index contributed by atoms with van der Waals surface area (Å²) in [6.07, 6.45) is 4.93. The summed E-state index contributed by atoms with van der Waals surface area (Å²) in [6.45, 7) is 8.05. The molecule has 4 nitrogen and oxygen atoms in total. The van der Waals surface area contributed by atoms with Crippen molar-refractivity contribution >= 4 is 5.91 Å². The van der Waals surface area contributed by atoms with Crippen molar-refractivity contribution in [3.8, 4) is 0 Å². The molecule has 0 radical (unpaired) electrons. The smallest absolute Gasteiger partial charge is 0.240 e. The molecule has 2 saturated heterocycles. The minimum absolute atomic E-state index is 0.0499. The van der Waals surface area contributed by atoms with Crippen molar-refractivity contribution in [3.63, 3.8) is 0 Å². The molecule has 110 valence electrons. The van der Waals surface area contributed by atoms with Gasteiger partial charge in [0.1, 0.15) is 0 Å². The predicted octanol–water partition coefficient (Wildman–Crippen LogP) is 1.74. The normalized spacial score (nSPS) is 26.0. The molecule has 1 amide bonds. The highest BCUT2D eigenvalue weighted by Crippen LogP contribution is 2.20. The number of hydrogen-bond donors (Lipinski definition) is 0. The van der Waals surface area contributed by atoms with Crippen LogP contribution in [0.25, 0.3) is 0 Å². The quantitative estimate of drug-likeness (QED) is 0.761. The monoisotopic (exact) mass is 268 g/mol. The fourth-order valence-corrected chi connectivity index (χ4v) is 3.29. The number of carbonyl (C=O) groups is 1. The fraction of sp³-hybridized carbons (Fsp3) is 0.933. The molecule has 19 heavy (non-hydrogen) atoms. The largest absolute Gasteiger partial charge is 0.376 e. The summed E-state index contributed by atoms with van der Waals surface area (Å²) in [4.78, 5) is 16.9. The van der Waals surface area contributed by atoms with Gasteiger partial charge in [-0.05, 0) is 44.7 Å². The Bertz CT molecular complexity index is 295. The minimum Gasteiger partial charge on any atom is -0.376 e. The van der Waals surface area contributed by atoms with Crippen LogP contribution in [0.2, 0.25) is 0 Å². The number of rotatable bonds is 5. The summed E-state index contributed by atoms with van der Waals surface area (Å²) in [5, 5.41) is 0. The molecule has 0 unspecified atom stereocenters. The van der Waals surface area contributed by atoms with Crippen LogP contribution in [0.1, 0.15) is 39.5 Å². The topological polar surface area (TPSA) is 32.8 Å². The minimum atomic E-state index is 0.0499. The molecule has 2 aliphatic heterocycles. The Balaban J connectivity index is 1.93. The van der Waals surface area contributed by atoms with Gasteiger partial charge in [-0.3, -0.25) is 9.69 Å². The van der Waals surface area contributed by atoms with E-state index in [4.69, 9.17) is 4.74 Å². The molecule has 2 heterocycles. The lowest BCUT2D eigenvalue weighted by atomic mass is 10.0. The van der Waals surface area contributed by atoms with Crippen LogP contribution < -0.4 is 0 Å². The van der Waals surface area contributed by atoms with Crippen molar-refractivity contribution in [3.05, 3.63) is 0 Å². The molecule has 2 aliphatic rings. The molecule has 0 aliphatic carbocycles. The highest BCUT2D eigenvalue weighted by atomic mass is 16.5. The summed E-state index contributed by atoms with van der Waals surface area (Å²) in [6, 6.07) is 0.0499. The molecule has 0 bridgehead atoms. The van der Waals surface area contributed by atoms with E-state index in [2.05, 4.69) is 18.7 Å². The zero-order valence-corrected chi connectivity index (χ0v) is 12.6. The maximum Gasteiger partial charge on any atom is 0.240 e. The van der Waals surface area contributed by atoms with Crippen molar-refractivity contribution in [2.45, 2.75) is 51.7 Å². The van der Waals surface area contributed by atoms with Gasteiger partial charge in [0, 0.05) is 20.2 Å². The first-order chi connectivity index (χ1) is 9.09. The number of nitrogens with zero attached hydrogens (tertiary/aromatic N) is 2. The van der Waals surface area contributed by atoms with Gasteiger partial charge in [-0.15, -0.1) is 0 Å². The number of hydrogen-bond acceptors (Lipinski definition) is 3. The average Bonchev–Trinajstić information content (AvgIpc) is 3.01. The van der Waals surface area contributed by atoms with Crippen molar-refractivity contribution in [1.82, 2.24) is 9.80 Å². The van der Waals surface area contributed by atoms with E-state index in [-0.39, 0.29) is 18.1 Å². The van der Waals surface area contributed by atoms with E-state index in [9.17, 15) is 4.79 Å². The van der Waals surface area contributed by atoms with Crippen LogP contribution in [0.15, 0.2) is 0 Å². The van der Waals surface area contributed by atoms with Crippen LogP contribution in [0.4, 0.5) is 0 Å². The van der Waals surface area contributed by atoms with E-state index < -0.39 is 0 Å². The van der Waals surface area contributed by atoms with Gasteiger partial charge in [0.15, 0.2) is 0 Å².